The number of nitrogen functional groups attached to an aromatic ring is 1. The average Bonchev–Trinajstić information content (AvgIpc) is 2.49. The molecular weight excluding hydrogens is 356 g/mol. The maximum atomic E-state index is 12.4. The van der Waals surface area contributed by atoms with Gasteiger partial charge in [-0.1, -0.05) is 35.2 Å². The van der Waals surface area contributed by atoms with Crippen molar-refractivity contribution < 1.29 is 13.5 Å². The summed E-state index contributed by atoms with van der Waals surface area (Å²) >= 11 is 3.25. The van der Waals surface area contributed by atoms with Crippen LogP contribution in [0.25, 0.3) is 0 Å². The molecule has 0 atom stereocenters. The second-order valence-corrected chi connectivity index (χ2v) is 8.38. The maximum Gasteiger partial charge on any atom is 0.242 e. The van der Waals surface area contributed by atoms with Gasteiger partial charge in [-0.25, -0.2) is 13.1 Å². The van der Waals surface area contributed by atoms with Crippen LogP contribution >= 0.6 is 15.9 Å². The molecule has 0 aliphatic heterocycles. The second-order valence-electron chi connectivity index (χ2n) is 5.73. The van der Waals surface area contributed by atoms with Gasteiger partial charge in [0.1, 0.15) is 4.90 Å². The van der Waals surface area contributed by atoms with Crippen molar-refractivity contribution in [3.8, 4) is 0 Å². The predicted molar refractivity (Wildman–Crippen MR) is 86.3 cm³/mol. The molecule has 2 rings (SSSR count). The Morgan fingerprint density at radius 2 is 1.95 bits per heavy atom. The topological polar surface area (TPSA) is 92.4 Å². The molecule has 0 aromatic heterocycles. The lowest BCUT2D eigenvalue weighted by molar-refractivity contribution is 0.0867. The molecule has 0 radical (unpaired) electrons. The lowest BCUT2D eigenvalue weighted by atomic mass is 9.75. The van der Waals surface area contributed by atoms with Crippen molar-refractivity contribution in [2.45, 2.75) is 37.0 Å². The fourth-order valence-corrected chi connectivity index (χ4v) is 4.58. The normalized spacial score (nSPS) is 18.6. The van der Waals surface area contributed by atoms with Gasteiger partial charge in [-0.05, 0) is 31.0 Å². The van der Waals surface area contributed by atoms with Crippen LogP contribution < -0.4 is 10.5 Å². The molecule has 0 saturated heterocycles. The van der Waals surface area contributed by atoms with Crippen LogP contribution in [0.2, 0.25) is 0 Å². The molecule has 1 saturated carbocycles. The molecule has 5 nitrogen and oxygen atoms in total. The van der Waals surface area contributed by atoms with Crippen molar-refractivity contribution in [2.75, 3.05) is 18.9 Å². The van der Waals surface area contributed by atoms with Gasteiger partial charge in [-0.15, -0.1) is 0 Å². The van der Waals surface area contributed by atoms with Gasteiger partial charge in [0.05, 0.1) is 5.69 Å². The summed E-state index contributed by atoms with van der Waals surface area (Å²) in [4.78, 5) is 0.0702. The number of anilines is 1. The zero-order valence-corrected chi connectivity index (χ0v) is 14.2. The van der Waals surface area contributed by atoms with E-state index in [1.54, 1.807) is 12.1 Å². The van der Waals surface area contributed by atoms with E-state index >= 15 is 0 Å². The number of benzene rings is 1. The van der Waals surface area contributed by atoms with E-state index in [4.69, 9.17) is 5.73 Å². The zero-order chi connectivity index (χ0) is 15.5. The Balaban J connectivity index is 2.15. The Kier molecular flexibility index (Phi) is 5.29. The first kappa shape index (κ1) is 16.7. The minimum Gasteiger partial charge on any atom is -0.398 e. The van der Waals surface area contributed by atoms with E-state index in [0.717, 1.165) is 32.1 Å². The summed E-state index contributed by atoms with van der Waals surface area (Å²) in [6.45, 7) is 0.251. The van der Waals surface area contributed by atoms with Crippen LogP contribution in [0.4, 0.5) is 5.69 Å². The first-order chi connectivity index (χ1) is 9.88. The first-order valence-corrected chi connectivity index (χ1v) is 9.32. The average molecular weight is 377 g/mol. The van der Waals surface area contributed by atoms with Gasteiger partial charge in [0, 0.05) is 23.0 Å². The molecule has 118 valence electrons. The number of nitrogens with two attached hydrogens (primary N) is 1. The summed E-state index contributed by atoms with van der Waals surface area (Å²) in [5.74, 6) is 0. The van der Waals surface area contributed by atoms with E-state index in [-0.39, 0.29) is 29.1 Å². The van der Waals surface area contributed by atoms with Crippen molar-refractivity contribution in [2.24, 2.45) is 5.41 Å². The fourth-order valence-electron chi connectivity index (χ4n) is 2.76. The van der Waals surface area contributed by atoms with Gasteiger partial charge in [0.2, 0.25) is 10.0 Å². The van der Waals surface area contributed by atoms with Crippen LogP contribution in [-0.4, -0.2) is 26.7 Å². The van der Waals surface area contributed by atoms with E-state index in [1.807, 2.05) is 0 Å². The Labute approximate surface area is 134 Å². The summed E-state index contributed by atoms with van der Waals surface area (Å²) in [7, 11) is -3.68. The van der Waals surface area contributed by atoms with E-state index in [9.17, 15) is 13.5 Å². The first-order valence-electron chi connectivity index (χ1n) is 7.04. The maximum absolute atomic E-state index is 12.4. The number of rotatable bonds is 5. The number of sulfonamides is 1. The van der Waals surface area contributed by atoms with Crippen molar-refractivity contribution in [1.29, 1.82) is 0 Å². The molecule has 0 unspecified atom stereocenters. The lowest BCUT2D eigenvalue weighted by Gasteiger charge is -2.35. The van der Waals surface area contributed by atoms with Crippen LogP contribution in [-0.2, 0) is 10.0 Å². The summed E-state index contributed by atoms with van der Waals surface area (Å²) in [5.41, 5.74) is 5.63. The van der Waals surface area contributed by atoms with E-state index in [1.165, 1.54) is 6.07 Å². The van der Waals surface area contributed by atoms with Crippen molar-refractivity contribution in [1.82, 2.24) is 4.72 Å². The van der Waals surface area contributed by atoms with Crippen LogP contribution in [0.5, 0.6) is 0 Å². The molecule has 21 heavy (non-hydrogen) atoms. The quantitative estimate of drug-likeness (QED) is 0.687. The molecule has 1 fully saturated rings. The van der Waals surface area contributed by atoms with Gasteiger partial charge in [0.15, 0.2) is 0 Å². The van der Waals surface area contributed by atoms with Crippen LogP contribution in [0, 0.1) is 5.41 Å². The highest BCUT2D eigenvalue weighted by atomic mass is 79.9. The largest absolute Gasteiger partial charge is 0.398 e. The molecule has 1 aliphatic carbocycles. The van der Waals surface area contributed by atoms with Crippen molar-refractivity contribution in [3.05, 3.63) is 22.7 Å². The third kappa shape index (κ3) is 3.97. The second kappa shape index (κ2) is 6.64. The summed E-state index contributed by atoms with van der Waals surface area (Å²) in [5, 5.41) is 9.64. The lowest BCUT2D eigenvalue weighted by Crippen LogP contribution is -2.41. The van der Waals surface area contributed by atoms with E-state index in [2.05, 4.69) is 20.7 Å². The zero-order valence-electron chi connectivity index (χ0n) is 11.8. The minimum absolute atomic E-state index is 0.00346. The molecule has 1 aromatic carbocycles. The summed E-state index contributed by atoms with van der Waals surface area (Å²) < 4.78 is 28.1. The molecule has 4 N–H and O–H groups in total. The Morgan fingerprint density at radius 1 is 1.29 bits per heavy atom. The highest BCUT2D eigenvalue weighted by Gasteiger charge is 2.33. The Bertz CT molecular complexity index is 598. The summed E-state index contributed by atoms with van der Waals surface area (Å²) in [6.07, 6.45) is 4.90. The third-order valence-corrected chi connectivity index (χ3v) is 6.10. The molecule has 0 amide bonds. The van der Waals surface area contributed by atoms with Gasteiger partial charge in [0.25, 0.3) is 0 Å². The SMILES string of the molecule is Nc1ccc(Br)cc1S(=O)(=O)NCC1(CO)CCCCC1. The van der Waals surface area contributed by atoms with Crippen LogP contribution in [0.15, 0.2) is 27.6 Å². The number of aliphatic hydroxyl groups is 1. The van der Waals surface area contributed by atoms with Gasteiger partial charge in [-0.2, -0.15) is 0 Å². The van der Waals surface area contributed by atoms with Crippen LogP contribution in [0.1, 0.15) is 32.1 Å². The monoisotopic (exact) mass is 376 g/mol. The predicted octanol–water partition coefficient (Wildman–Crippen LogP) is 2.25. The number of halogens is 1. The number of hydrogen-bond acceptors (Lipinski definition) is 4. The van der Waals surface area contributed by atoms with Crippen molar-refractivity contribution in [3.63, 3.8) is 0 Å². The molecular formula is C14H21BrN2O3S. The molecule has 7 heteroatoms. The fraction of sp³-hybridized carbons (Fsp3) is 0.571. The molecule has 0 bridgehead atoms. The van der Waals surface area contributed by atoms with Gasteiger partial charge in [-0.3, -0.25) is 0 Å². The summed E-state index contributed by atoms with van der Waals surface area (Å²) in [6, 6.07) is 4.75. The standard InChI is InChI=1S/C14H21BrN2O3S/c15-11-4-5-12(16)13(8-11)21(19,20)17-9-14(10-18)6-2-1-3-7-14/h4-5,8,17-18H,1-3,6-7,9-10,16H2. The highest BCUT2D eigenvalue weighted by molar-refractivity contribution is 9.10. The minimum atomic E-state index is -3.68. The van der Waals surface area contributed by atoms with Crippen LogP contribution in [0.3, 0.4) is 0 Å². The smallest absolute Gasteiger partial charge is 0.242 e. The molecule has 0 heterocycles. The third-order valence-electron chi connectivity index (χ3n) is 4.15. The molecule has 0 spiro atoms. The highest BCUT2D eigenvalue weighted by Crippen LogP contribution is 2.35. The van der Waals surface area contributed by atoms with Gasteiger partial charge < -0.3 is 10.8 Å². The number of hydrogen-bond donors (Lipinski definition) is 3. The van der Waals surface area contributed by atoms with Crippen molar-refractivity contribution >= 4 is 31.6 Å². The Hall–Kier alpha value is -0.630. The van der Waals surface area contributed by atoms with E-state index in [0.29, 0.717) is 4.47 Å². The molecule has 1 aromatic rings. The molecule has 1 aliphatic rings. The Morgan fingerprint density at radius 3 is 2.57 bits per heavy atom. The number of aliphatic hydroxyl groups excluding tert-OH is 1. The van der Waals surface area contributed by atoms with E-state index < -0.39 is 10.0 Å². The van der Waals surface area contributed by atoms with Gasteiger partial charge >= 0.3 is 0 Å². The number of nitrogens with one attached hydrogen (secondary N) is 1.